The summed E-state index contributed by atoms with van der Waals surface area (Å²) in [5.74, 6) is 0.343. The Bertz CT molecular complexity index is 704. The first-order valence-corrected chi connectivity index (χ1v) is 8.40. The van der Waals surface area contributed by atoms with Gasteiger partial charge in [0, 0.05) is 18.8 Å². The lowest BCUT2D eigenvalue weighted by Gasteiger charge is -2.32. The highest BCUT2D eigenvalue weighted by Crippen LogP contribution is 2.31. The third kappa shape index (κ3) is 3.46. The van der Waals surface area contributed by atoms with Crippen LogP contribution in [-0.2, 0) is 0 Å². The number of nitrogens with zero attached hydrogens (tertiary/aromatic N) is 1. The van der Waals surface area contributed by atoms with Gasteiger partial charge in [-0.05, 0) is 48.6 Å². The molecule has 1 amide bonds. The van der Waals surface area contributed by atoms with Gasteiger partial charge in [-0.1, -0.05) is 41.4 Å². The Hall–Kier alpha value is -1.71. The first-order chi connectivity index (χ1) is 11.1. The summed E-state index contributed by atoms with van der Waals surface area (Å²) in [5.41, 5.74) is 8.28. The van der Waals surface area contributed by atoms with Gasteiger partial charge in [0.2, 0.25) is 0 Å². The number of nitrogens with two attached hydrogens (primary N) is 1. The van der Waals surface area contributed by atoms with Crippen molar-refractivity contribution in [1.29, 1.82) is 0 Å². The second-order valence-electron chi connectivity index (χ2n) is 5.83. The third-order valence-corrected chi connectivity index (χ3v) is 4.97. The summed E-state index contributed by atoms with van der Waals surface area (Å²) in [6.07, 6.45) is 1.83. The number of halogens is 2. The molecule has 2 aromatic carbocycles. The maximum atomic E-state index is 12.7. The van der Waals surface area contributed by atoms with Crippen LogP contribution >= 0.6 is 23.2 Å². The van der Waals surface area contributed by atoms with Crippen molar-refractivity contribution in [3.63, 3.8) is 0 Å². The molecule has 0 radical (unpaired) electrons. The molecule has 0 spiro atoms. The van der Waals surface area contributed by atoms with Crippen molar-refractivity contribution in [2.45, 2.75) is 18.8 Å². The summed E-state index contributed by atoms with van der Waals surface area (Å²) >= 11 is 12.3. The summed E-state index contributed by atoms with van der Waals surface area (Å²) in [6, 6.07) is 13.1. The van der Waals surface area contributed by atoms with Crippen LogP contribution in [0.3, 0.4) is 0 Å². The van der Waals surface area contributed by atoms with Crippen molar-refractivity contribution >= 4 is 34.8 Å². The number of carbonyl (C=O) groups excluding carboxylic acids is 1. The Kier molecular flexibility index (Phi) is 4.79. The van der Waals surface area contributed by atoms with Crippen molar-refractivity contribution in [2.24, 2.45) is 0 Å². The van der Waals surface area contributed by atoms with Crippen LogP contribution < -0.4 is 5.73 Å². The van der Waals surface area contributed by atoms with Crippen LogP contribution in [0.1, 0.15) is 34.7 Å². The van der Waals surface area contributed by atoms with E-state index in [4.69, 9.17) is 28.9 Å². The number of piperidine rings is 1. The van der Waals surface area contributed by atoms with Gasteiger partial charge >= 0.3 is 0 Å². The average molecular weight is 349 g/mol. The number of hydrogen-bond acceptors (Lipinski definition) is 2. The van der Waals surface area contributed by atoms with Crippen molar-refractivity contribution in [3.8, 4) is 0 Å². The lowest BCUT2D eigenvalue weighted by atomic mass is 9.89. The van der Waals surface area contributed by atoms with Crippen molar-refractivity contribution in [1.82, 2.24) is 4.90 Å². The molecule has 2 aromatic rings. The Morgan fingerprint density at radius 3 is 2.26 bits per heavy atom. The number of carbonyl (C=O) groups is 1. The molecule has 1 fully saturated rings. The maximum Gasteiger partial charge on any atom is 0.256 e. The van der Waals surface area contributed by atoms with Gasteiger partial charge in [0.1, 0.15) is 0 Å². The Morgan fingerprint density at radius 2 is 1.65 bits per heavy atom. The smallest absolute Gasteiger partial charge is 0.256 e. The molecule has 1 saturated heterocycles. The summed E-state index contributed by atoms with van der Waals surface area (Å²) < 4.78 is 0. The van der Waals surface area contributed by atoms with Gasteiger partial charge in [-0.15, -0.1) is 0 Å². The van der Waals surface area contributed by atoms with Gasteiger partial charge in [0.05, 0.1) is 15.6 Å². The normalized spacial score (nSPS) is 15.7. The minimum absolute atomic E-state index is 0.0911. The molecule has 5 heteroatoms. The van der Waals surface area contributed by atoms with E-state index in [0.717, 1.165) is 18.5 Å². The summed E-state index contributed by atoms with van der Waals surface area (Å²) in [5, 5.41) is 0.806. The van der Waals surface area contributed by atoms with Crippen LogP contribution in [0.5, 0.6) is 0 Å². The van der Waals surface area contributed by atoms with Crippen LogP contribution in [0.2, 0.25) is 10.0 Å². The van der Waals surface area contributed by atoms with Crippen molar-refractivity contribution in [2.75, 3.05) is 18.8 Å². The zero-order chi connectivity index (χ0) is 16.4. The molecule has 3 nitrogen and oxygen atoms in total. The number of rotatable bonds is 2. The van der Waals surface area contributed by atoms with E-state index < -0.39 is 0 Å². The van der Waals surface area contributed by atoms with Crippen molar-refractivity contribution < 1.29 is 4.79 Å². The predicted octanol–water partition coefficient (Wildman–Crippen LogP) is 4.60. The first kappa shape index (κ1) is 16.2. The monoisotopic (exact) mass is 348 g/mol. The topological polar surface area (TPSA) is 46.3 Å². The van der Waals surface area contributed by atoms with E-state index in [9.17, 15) is 4.79 Å². The first-order valence-electron chi connectivity index (χ1n) is 7.65. The maximum absolute atomic E-state index is 12.7. The fraction of sp³-hybridized carbons (Fsp3) is 0.278. The van der Waals surface area contributed by atoms with Crippen LogP contribution in [0, 0.1) is 0 Å². The molecule has 0 saturated carbocycles. The number of hydrogen-bond donors (Lipinski definition) is 1. The third-order valence-electron chi connectivity index (χ3n) is 4.34. The molecular weight excluding hydrogens is 331 g/mol. The van der Waals surface area contributed by atoms with Gasteiger partial charge in [0.25, 0.3) is 5.91 Å². The van der Waals surface area contributed by atoms with E-state index in [1.807, 2.05) is 23.1 Å². The molecule has 0 bridgehead atoms. The van der Waals surface area contributed by atoms with Gasteiger partial charge in [-0.2, -0.15) is 0 Å². The van der Waals surface area contributed by atoms with Gasteiger partial charge in [-0.25, -0.2) is 0 Å². The van der Waals surface area contributed by atoms with E-state index in [0.29, 0.717) is 34.6 Å². The molecule has 0 aromatic heterocycles. The Morgan fingerprint density at radius 1 is 1.04 bits per heavy atom. The lowest BCUT2D eigenvalue weighted by Crippen LogP contribution is -2.38. The van der Waals surface area contributed by atoms with Gasteiger partial charge in [0.15, 0.2) is 0 Å². The highest BCUT2D eigenvalue weighted by atomic mass is 35.5. The zero-order valence-corrected chi connectivity index (χ0v) is 14.1. The van der Waals surface area contributed by atoms with E-state index in [-0.39, 0.29) is 5.91 Å². The molecule has 1 heterocycles. The summed E-state index contributed by atoms with van der Waals surface area (Å²) in [4.78, 5) is 14.5. The SMILES string of the molecule is Nc1cccc(C2CCN(C(=O)c3c(Cl)cccc3Cl)CC2)c1. The van der Waals surface area contributed by atoms with Crippen LogP contribution in [0.4, 0.5) is 5.69 Å². The molecule has 3 rings (SSSR count). The molecule has 2 N–H and O–H groups in total. The fourth-order valence-corrected chi connectivity index (χ4v) is 3.65. The molecule has 1 aliphatic heterocycles. The molecule has 120 valence electrons. The Labute approximate surface area is 146 Å². The minimum Gasteiger partial charge on any atom is -0.399 e. The molecule has 0 atom stereocenters. The minimum atomic E-state index is -0.0911. The second kappa shape index (κ2) is 6.81. The molecule has 23 heavy (non-hydrogen) atoms. The predicted molar refractivity (Wildman–Crippen MR) is 95.2 cm³/mol. The fourth-order valence-electron chi connectivity index (χ4n) is 3.09. The van der Waals surface area contributed by atoms with E-state index in [1.54, 1.807) is 18.2 Å². The van der Waals surface area contributed by atoms with Crippen molar-refractivity contribution in [3.05, 3.63) is 63.6 Å². The van der Waals surface area contributed by atoms with Gasteiger partial charge in [-0.3, -0.25) is 4.79 Å². The largest absolute Gasteiger partial charge is 0.399 e. The zero-order valence-electron chi connectivity index (χ0n) is 12.6. The standard InChI is InChI=1S/C18H18Cl2N2O/c19-15-5-2-6-16(20)17(15)18(23)22-9-7-12(8-10-22)13-3-1-4-14(21)11-13/h1-6,11-12H,7-10,21H2. The molecule has 0 aliphatic carbocycles. The molecule has 1 aliphatic rings. The number of benzene rings is 2. The quantitative estimate of drug-likeness (QED) is 0.806. The average Bonchev–Trinajstić information content (AvgIpc) is 2.55. The highest BCUT2D eigenvalue weighted by Gasteiger charge is 2.26. The van der Waals surface area contributed by atoms with Crippen LogP contribution in [0.25, 0.3) is 0 Å². The summed E-state index contributed by atoms with van der Waals surface area (Å²) in [6.45, 7) is 1.39. The number of likely N-dealkylation sites (tertiary alicyclic amines) is 1. The molecular formula is C18H18Cl2N2O. The number of amides is 1. The van der Waals surface area contributed by atoms with Gasteiger partial charge < -0.3 is 10.6 Å². The molecule has 0 unspecified atom stereocenters. The number of nitrogen functional groups attached to an aromatic ring is 1. The van der Waals surface area contributed by atoms with E-state index >= 15 is 0 Å². The van der Waals surface area contributed by atoms with E-state index in [2.05, 4.69) is 6.07 Å². The Balaban J connectivity index is 1.70. The summed E-state index contributed by atoms with van der Waals surface area (Å²) in [7, 11) is 0. The highest BCUT2D eigenvalue weighted by molar-refractivity contribution is 6.39. The van der Waals surface area contributed by atoms with E-state index in [1.165, 1.54) is 5.56 Å². The van der Waals surface area contributed by atoms with Crippen LogP contribution in [0.15, 0.2) is 42.5 Å². The lowest BCUT2D eigenvalue weighted by molar-refractivity contribution is 0.0713. The van der Waals surface area contributed by atoms with Crippen LogP contribution in [-0.4, -0.2) is 23.9 Å². The number of anilines is 1. The second-order valence-corrected chi connectivity index (χ2v) is 6.65.